The smallest absolute Gasteiger partial charge is 0.247 e. The third kappa shape index (κ3) is 2.73. The van der Waals surface area contributed by atoms with Gasteiger partial charge in [-0.25, -0.2) is 4.39 Å². The standard InChI is InChI=1S/C10H10BFNO/c1-3-10(14)13-9-5-7(11-2)4-8(12)6-9/h3-6H,1H2,2H3,(H,13,14). The van der Waals surface area contributed by atoms with Gasteiger partial charge in [0.2, 0.25) is 5.91 Å². The number of halogens is 1. The molecule has 0 bridgehead atoms. The molecule has 0 heterocycles. The van der Waals surface area contributed by atoms with E-state index in [1.807, 2.05) is 0 Å². The maximum Gasteiger partial charge on any atom is 0.247 e. The van der Waals surface area contributed by atoms with E-state index >= 15 is 0 Å². The first-order chi connectivity index (χ1) is 6.65. The monoisotopic (exact) mass is 190 g/mol. The van der Waals surface area contributed by atoms with Gasteiger partial charge in [0.1, 0.15) is 13.1 Å². The van der Waals surface area contributed by atoms with E-state index in [9.17, 15) is 9.18 Å². The molecular formula is C10H10BFNO. The minimum absolute atomic E-state index is 0.349. The summed E-state index contributed by atoms with van der Waals surface area (Å²) in [4.78, 5) is 10.9. The second-order valence-electron chi connectivity index (χ2n) is 2.76. The van der Waals surface area contributed by atoms with Crippen LogP contribution in [0.4, 0.5) is 10.1 Å². The van der Waals surface area contributed by atoms with E-state index in [2.05, 4.69) is 11.9 Å². The fraction of sp³-hybridized carbons (Fsp3) is 0.100. The van der Waals surface area contributed by atoms with Crippen LogP contribution in [-0.4, -0.2) is 13.2 Å². The SMILES string of the molecule is C=CC(=O)Nc1cc(F)cc([B]C)c1. The van der Waals surface area contributed by atoms with Crippen molar-refractivity contribution in [3.8, 4) is 0 Å². The van der Waals surface area contributed by atoms with Crippen LogP contribution < -0.4 is 10.8 Å². The number of hydrogen-bond donors (Lipinski definition) is 1. The molecule has 71 valence electrons. The normalized spacial score (nSPS) is 9.29. The van der Waals surface area contributed by atoms with Gasteiger partial charge in [0.15, 0.2) is 0 Å². The third-order valence-electron chi connectivity index (χ3n) is 1.71. The summed E-state index contributed by atoms with van der Waals surface area (Å²) in [6.07, 6.45) is 1.14. The molecule has 1 amide bonds. The van der Waals surface area contributed by atoms with Gasteiger partial charge < -0.3 is 5.32 Å². The number of benzene rings is 1. The fourth-order valence-electron chi connectivity index (χ4n) is 1.04. The van der Waals surface area contributed by atoms with Crippen molar-refractivity contribution in [2.24, 2.45) is 0 Å². The quantitative estimate of drug-likeness (QED) is 0.565. The fourth-order valence-corrected chi connectivity index (χ4v) is 1.04. The van der Waals surface area contributed by atoms with Crippen molar-refractivity contribution < 1.29 is 9.18 Å². The molecule has 0 atom stereocenters. The van der Waals surface area contributed by atoms with Gasteiger partial charge in [-0.3, -0.25) is 4.79 Å². The number of anilines is 1. The second kappa shape index (κ2) is 4.60. The first-order valence-electron chi connectivity index (χ1n) is 4.19. The van der Waals surface area contributed by atoms with E-state index in [0.717, 1.165) is 11.5 Å². The predicted molar refractivity (Wildman–Crippen MR) is 56.5 cm³/mol. The molecule has 0 aliphatic rings. The summed E-state index contributed by atoms with van der Waals surface area (Å²) < 4.78 is 13.0. The van der Waals surface area contributed by atoms with Gasteiger partial charge in [-0.15, -0.1) is 0 Å². The number of amides is 1. The van der Waals surface area contributed by atoms with E-state index < -0.39 is 0 Å². The minimum Gasteiger partial charge on any atom is -0.322 e. The van der Waals surface area contributed by atoms with Crippen LogP contribution in [0.2, 0.25) is 6.82 Å². The Morgan fingerprint density at radius 1 is 1.57 bits per heavy atom. The lowest BCUT2D eigenvalue weighted by Crippen LogP contribution is -2.15. The summed E-state index contributed by atoms with van der Waals surface area (Å²) >= 11 is 0. The summed E-state index contributed by atoms with van der Waals surface area (Å²) in [7, 11) is 1.76. The maximum atomic E-state index is 13.0. The molecule has 2 nitrogen and oxygen atoms in total. The number of rotatable bonds is 3. The van der Waals surface area contributed by atoms with Crippen LogP contribution in [0.1, 0.15) is 0 Å². The molecule has 14 heavy (non-hydrogen) atoms. The second-order valence-corrected chi connectivity index (χ2v) is 2.76. The van der Waals surface area contributed by atoms with E-state index in [4.69, 9.17) is 0 Å². The van der Waals surface area contributed by atoms with Gasteiger partial charge in [-0.2, -0.15) is 0 Å². The molecule has 0 spiro atoms. The average molecular weight is 190 g/mol. The van der Waals surface area contributed by atoms with Crippen molar-refractivity contribution in [2.45, 2.75) is 6.82 Å². The maximum absolute atomic E-state index is 13.0. The Kier molecular flexibility index (Phi) is 3.45. The minimum atomic E-state index is -0.375. The molecule has 0 saturated carbocycles. The van der Waals surface area contributed by atoms with Gasteiger partial charge in [0, 0.05) is 5.69 Å². The Balaban J connectivity index is 2.91. The summed E-state index contributed by atoms with van der Waals surface area (Å²) in [6.45, 7) is 5.11. The Bertz CT molecular complexity index is 365. The van der Waals surface area contributed by atoms with E-state index in [-0.39, 0.29) is 11.7 Å². The number of carbonyl (C=O) groups excluding carboxylic acids is 1. The predicted octanol–water partition coefficient (Wildman–Crippen LogP) is 1.33. The highest BCUT2D eigenvalue weighted by Gasteiger charge is 2.01. The van der Waals surface area contributed by atoms with Crippen molar-refractivity contribution in [3.05, 3.63) is 36.7 Å². The first kappa shape index (κ1) is 10.5. The van der Waals surface area contributed by atoms with Crippen molar-refractivity contribution in [1.82, 2.24) is 0 Å². The largest absolute Gasteiger partial charge is 0.322 e. The van der Waals surface area contributed by atoms with Gasteiger partial charge >= 0.3 is 0 Å². The highest BCUT2D eigenvalue weighted by molar-refractivity contribution is 6.52. The number of nitrogens with one attached hydrogen (secondary N) is 1. The molecule has 0 aromatic heterocycles. The van der Waals surface area contributed by atoms with E-state index in [1.54, 1.807) is 20.2 Å². The van der Waals surface area contributed by atoms with Crippen LogP contribution >= 0.6 is 0 Å². The molecule has 0 saturated heterocycles. The third-order valence-corrected chi connectivity index (χ3v) is 1.71. The molecule has 1 N–H and O–H groups in total. The van der Waals surface area contributed by atoms with Crippen molar-refractivity contribution in [2.75, 3.05) is 5.32 Å². The molecule has 0 aliphatic carbocycles. The van der Waals surface area contributed by atoms with Crippen LogP contribution in [-0.2, 0) is 4.79 Å². The van der Waals surface area contributed by atoms with Crippen molar-refractivity contribution in [1.29, 1.82) is 0 Å². The zero-order valence-electron chi connectivity index (χ0n) is 7.88. The number of carbonyl (C=O) groups is 1. The van der Waals surface area contributed by atoms with E-state index in [1.165, 1.54) is 12.1 Å². The van der Waals surface area contributed by atoms with Crippen LogP contribution in [0.5, 0.6) is 0 Å². The lowest BCUT2D eigenvalue weighted by molar-refractivity contribution is -0.111. The van der Waals surface area contributed by atoms with Gasteiger partial charge in [-0.1, -0.05) is 18.9 Å². The highest BCUT2D eigenvalue weighted by atomic mass is 19.1. The first-order valence-corrected chi connectivity index (χ1v) is 4.19. The Hall–Kier alpha value is -1.58. The zero-order valence-corrected chi connectivity index (χ0v) is 7.88. The molecule has 1 aromatic rings. The lowest BCUT2D eigenvalue weighted by Gasteiger charge is -2.04. The Morgan fingerprint density at radius 3 is 2.86 bits per heavy atom. The Morgan fingerprint density at radius 2 is 2.29 bits per heavy atom. The van der Waals surface area contributed by atoms with Crippen molar-refractivity contribution in [3.63, 3.8) is 0 Å². The molecule has 0 aliphatic heterocycles. The van der Waals surface area contributed by atoms with Crippen LogP contribution in [0.15, 0.2) is 30.9 Å². The Labute approximate surface area is 83.1 Å². The van der Waals surface area contributed by atoms with Gasteiger partial charge in [0.05, 0.1) is 0 Å². The highest BCUT2D eigenvalue weighted by Crippen LogP contribution is 2.07. The summed E-state index contributed by atoms with van der Waals surface area (Å²) in [5.41, 5.74) is 1.16. The molecule has 0 fully saturated rings. The van der Waals surface area contributed by atoms with Gasteiger partial charge in [-0.05, 0) is 24.3 Å². The molecule has 1 radical (unpaired) electrons. The molecule has 0 unspecified atom stereocenters. The van der Waals surface area contributed by atoms with Crippen LogP contribution in [0.25, 0.3) is 0 Å². The molecular weight excluding hydrogens is 180 g/mol. The summed E-state index contributed by atoms with van der Waals surface area (Å²) in [5, 5.41) is 2.49. The van der Waals surface area contributed by atoms with Crippen LogP contribution in [0.3, 0.4) is 0 Å². The zero-order chi connectivity index (χ0) is 10.6. The average Bonchev–Trinajstić information content (AvgIpc) is 2.16. The summed E-state index contributed by atoms with van der Waals surface area (Å²) in [5.74, 6) is -0.724. The molecule has 4 heteroatoms. The summed E-state index contributed by atoms with van der Waals surface area (Å²) in [6, 6.07) is 4.34. The van der Waals surface area contributed by atoms with E-state index in [0.29, 0.717) is 5.69 Å². The topological polar surface area (TPSA) is 29.1 Å². The van der Waals surface area contributed by atoms with Crippen molar-refractivity contribution >= 4 is 24.3 Å². The molecule has 1 rings (SSSR count). The molecule has 1 aromatic carbocycles. The number of hydrogen-bond acceptors (Lipinski definition) is 1. The lowest BCUT2D eigenvalue weighted by atomic mass is 9.73. The van der Waals surface area contributed by atoms with Gasteiger partial charge in [0.25, 0.3) is 0 Å². The van der Waals surface area contributed by atoms with Crippen LogP contribution in [0, 0.1) is 5.82 Å².